The maximum atomic E-state index is 11.9. The van der Waals surface area contributed by atoms with Crippen LogP contribution in [0.25, 0.3) is 0 Å². The van der Waals surface area contributed by atoms with Crippen molar-refractivity contribution in [3.8, 4) is 0 Å². The van der Waals surface area contributed by atoms with E-state index in [1.54, 1.807) is 0 Å². The van der Waals surface area contributed by atoms with Crippen LogP contribution in [-0.4, -0.2) is 56.0 Å². The molecule has 23 heavy (non-hydrogen) atoms. The minimum atomic E-state index is -3.05. The number of methoxy groups -OCH3 is 1. The highest BCUT2D eigenvalue weighted by Crippen LogP contribution is 2.41. The fraction of sp³-hybridized carbons (Fsp3) is 0.429. The van der Waals surface area contributed by atoms with Crippen molar-refractivity contribution in [2.24, 2.45) is 4.99 Å². The number of fused-ring (bicyclic) bond motifs is 1. The molecule has 2 aliphatic heterocycles. The van der Waals surface area contributed by atoms with Crippen LogP contribution in [0.1, 0.15) is 0 Å². The molecule has 2 aliphatic rings. The Morgan fingerprint density at radius 1 is 1.39 bits per heavy atom. The summed E-state index contributed by atoms with van der Waals surface area (Å²) in [7, 11) is -1.61. The molecule has 2 atom stereocenters. The van der Waals surface area contributed by atoms with Crippen LogP contribution in [0.2, 0.25) is 0 Å². The van der Waals surface area contributed by atoms with Crippen molar-refractivity contribution in [3.05, 3.63) is 28.7 Å². The lowest BCUT2D eigenvalue weighted by atomic mass is 10.2. The number of carbonyl (C=O) groups is 1. The van der Waals surface area contributed by atoms with Gasteiger partial charge in [0.05, 0.1) is 17.5 Å². The normalized spacial score (nSPS) is 27.4. The van der Waals surface area contributed by atoms with Crippen molar-refractivity contribution >= 4 is 54.3 Å². The molecule has 0 spiro atoms. The van der Waals surface area contributed by atoms with Crippen LogP contribution in [0.15, 0.2) is 33.7 Å². The minimum absolute atomic E-state index is 0.0816. The Bertz CT molecular complexity index is 749. The molecular weight excluding hydrogens is 404 g/mol. The monoisotopic (exact) mass is 418 g/mol. The van der Waals surface area contributed by atoms with Crippen LogP contribution in [0.3, 0.4) is 0 Å². The number of hydrogen-bond donors (Lipinski definition) is 0. The van der Waals surface area contributed by atoms with Gasteiger partial charge in [-0.05, 0) is 24.3 Å². The van der Waals surface area contributed by atoms with E-state index in [2.05, 4.69) is 20.9 Å². The van der Waals surface area contributed by atoms with Gasteiger partial charge in [0.1, 0.15) is 6.61 Å². The fourth-order valence-corrected chi connectivity index (χ4v) is 6.93. The lowest BCUT2D eigenvalue weighted by Crippen LogP contribution is -2.37. The Hall–Kier alpha value is -0.900. The average molecular weight is 419 g/mol. The fourth-order valence-electron chi connectivity index (χ4n) is 2.73. The number of amidine groups is 1. The van der Waals surface area contributed by atoms with Crippen molar-refractivity contribution in [1.82, 2.24) is 0 Å². The summed E-state index contributed by atoms with van der Waals surface area (Å²) >= 11 is 4.74. The lowest BCUT2D eigenvalue weighted by molar-refractivity contribution is -0.121. The highest BCUT2D eigenvalue weighted by atomic mass is 79.9. The van der Waals surface area contributed by atoms with E-state index in [0.29, 0.717) is 5.17 Å². The number of anilines is 1. The average Bonchev–Trinajstić information content (AvgIpc) is 2.91. The maximum Gasteiger partial charge on any atom is 0.274 e. The molecule has 0 aromatic heterocycles. The number of rotatable bonds is 3. The summed E-state index contributed by atoms with van der Waals surface area (Å²) in [5.41, 5.74) is 0.828. The van der Waals surface area contributed by atoms with Gasteiger partial charge in [-0.3, -0.25) is 4.79 Å². The molecule has 1 aromatic rings. The molecule has 0 bridgehead atoms. The largest absolute Gasteiger partial charge is 0.375 e. The Labute approximate surface area is 147 Å². The number of ether oxygens (including phenoxy) is 1. The first-order valence-electron chi connectivity index (χ1n) is 6.92. The Morgan fingerprint density at radius 3 is 2.74 bits per heavy atom. The lowest BCUT2D eigenvalue weighted by Gasteiger charge is -2.24. The summed E-state index contributed by atoms with van der Waals surface area (Å²) in [6.07, 6.45) is 0. The first-order chi connectivity index (χ1) is 10.9. The van der Waals surface area contributed by atoms with Crippen molar-refractivity contribution in [2.45, 2.75) is 11.3 Å². The molecule has 1 amide bonds. The van der Waals surface area contributed by atoms with Crippen LogP contribution >= 0.6 is 27.7 Å². The zero-order valence-electron chi connectivity index (χ0n) is 12.3. The van der Waals surface area contributed by atoms with Crippen molar-refractivity contribution in [2.75, 3.05) is 30.1 Å². The van der Waals surface area contributed by atoms with Crippen LogP contribution in [0, 0.1) is 0 Å². The number of aliphatic imine (C=N–C) groups is 1. The second kappa shape index (κ2) is 6.54. The third-order valence-electron chi connectivity index (χ3n) is 3.66. The predicted molar refractivity (Wildman–Crippen MR) is 94.8 cm³/mol. The van der Waals surface area contributed by atoms with Crippen LogP contribution in [0.5, 0.6) is 0 Å². The Balaban J connectivity index is 1.97. The third-order valence-corrected chi connectivity index (χ3v) is 7.40. The summed E-state index contributed by atoms with van der Waals surface area (Å²) in [5, 5.41) is 0.442. The molecule has 0 saturated carbocycles. The second-order valence-electron chi connectivity index (χ2n) is 5.37. The standard InChI is InChI=1S/C14H15BrN2O4S2/c1-21-6-13(18)16-14-17(10-4-2-9(15)3-5-10)11-7-23(19,20)8-12(11)22-14/h2-5,11-12H,6-8H2,1H3. The number of benzene rings is 1. The molecule has 124 valence electrons. The zero-order valence-corrected chi connectivity index (χ0v) is 15.5. The van der Waals surface area contributed by atoms with Crippen molar-refractivity contribution < 1.29 is 17.9 Å². The van der Waals surface area contributed by atoms with Gasteiger partial charge in [-0.1, -0.05) is 27.7 Å². The van der Waals surface area contributed by atoms with Gasteiger partial charge in [-0.25, -0.2) is 8.42 Å². The smallest absolute Gasteiger partial charge is 0.274 e. The topological polar surface area (TPSA) is 76.0 Å². The molecule has 2 unspecified atom stereocenters. The summed E-state index contributed by atoms with van der Waals surface area (Å²) in [5.74, 6) is -0.176. The molecule has 9 heteroatoms. The van der Waals surface area contributed by atoms with Gasteiger partial charge in [0.15, 0.2) is 15.0 Å². The number of thioether (sulfide) groups is 1. The molecule has 3 rings (SSSR count). The van der Waals surface area contributed by atoms with Crippen molar-refractivity contribution in [1.29, 1.82) is 0 Å². The molecule has 2 heterocycles. The molecular formula is C14H15BrN2O4S2. The molecule has 2 fully saturated rings. The molecule has 2 saturated heterocycles. The van der Waals surface area contributed by atoms with E-state index < -0.39 is 9.84 Å². The zero-order chi connectivity index (χ0) is 16.6. The summed E-state index contributed by atoms with van der Waals surface area (Å²) in [4.78, 5) is 17.8. The summed E-state index contributed by atoms with van der Waals surface area (Å²) in [6.45, 7) is -0.0914. The van der Waals surface area contributed by atoms with Gasteiger partial charge in [0.2, 0.25) is 0 Å². The van der Waals surface area contributed by atoms with E-state index in [1.807, 2.05) is 29.2 Å². The Morgan fingerprint density at radius 2 is 2.09 bits per heavy atom. The molecule has 0 aliphatic carbocycles. The predicted octanol–water partition coefficient (Wildman–Crippen LogP) is 1.70. The Kier molecular flexibility index (Phi) is 4.82. The quantitative estimate of drug-likeness (QED) is 0.743. The van der Waals surface area contributed by atoms with Gasteiger partial charge >= 0.3 is 0 Å². The second-order valence-corrected chi connectivity index (χ2v) is 9.64. The highest BCUT2D eigenvalue weighted by Gasteiger charge is 2.49. The first-order valence-corrected chi connectivity index (χ1v) is 10.4. The number of amides is 1. The maximum absolute atomic E-state index is 11.9. The van der Waals surface area contributed by atoms with Gasteiger partial charge in [-0.15, -0.1) is 0 Å². The third kappa shape index (κ3) is 3.62. The highest BCUT2D eigenvalue weighted by molar-refractivity contribution is 9.10. The van der Waals surface area contributed by atoms with E-state index in [-0.39, 0.29) is 35.3 Å². The van der Waals surface area contributed by atoms with E-state index in [4.69, 9.17) is 4.74 Å². The molecule has 1 aromatic carbocycles. The molecule has 0 radical (unpaired) electrons. The van der Waals surface area contributed by atoms with E-state index in [0.717, 1.165) is 10.2 Å². The van der Waals surface area contributed by atoms with Crippen LogP contribution in [-0.2, 0) is 19.4 Å². The summed E-state index contributed by atoms with van der Waals surface area (Å²) in [6, 6.07) is 7.33. The first kappa shape index (κ1) is 16.9. The summed E-state index contributed by atoms with van der Waals surface area (Å²) < 4.78 is 29.6. The molecule has 6 nitrogen and oxygen atoms in total. The minimum Gasteiger partial charge on any atom is -0.375 e. The van der Waals surface area contributed by atoms with Crippen molar-refractivity contribution in [3.63, 3.8) is 0 Å². The number of carbonyl (C=O) groups excluding carboxylic acids is 1. The van der Waals surface area contributed by atoms with Gasteiger partial charge < -0.3 is 9.64 Å². The van der Waals surface area contributed by atoms with Crippen LogP contribution < -0.4 is 4.90 Å². The number of hydrogen-bond acceptors (Lipinski definition) is 5. The van der Waals surface area contributed by atoms with E-state index >= 15 is 0 Å². The van der Waals surface area contributed by atoms with E-state index in [9.17, 15) is 13.2 Å². The number of sulfone groups is 1. The van der Waals surface area contributed by atoms with Gasteiger partial charge in [0.25, 0.3) is 5.91 Å². The van der Waals surface area contributed by atoms with E-state index in [1.165, 1.54) is 18.9 Å². The van der Waals surface area contributed by atoms with Gasteiger partial charge in [0, 0.05) is 22.5 Å². The number of nitrogens with zero attached hydrogens (tertiary/aromatic N) is 2. The van der Waals surface area contributed by atoms with Gasteiger partial charge in [-0.2, -0.15) is 4.99 Å². The molecule has 0 N–H and O–H groups in total. The number of halogens is 1. The SMILES string of the molecule is COCC(=O)N=C1SC2CS(=O)(=O)CC2N1c1ccc(Br)cc1. The van der Waals surface area contributed by atoms with Crippen LogP contribution in [0.4, 0.5) is 5.69 Å².